The van der Waals surface area contributed by atoms with Gasteiger partial charge in [0.1, 0.15) is 12.2 Å². The predicted molar refractivity (Wildman–Crippen MR) is 122 cm³/mol. The number of amides is 1. The fourth-order valence-electron chi connectivity index (χ4n) is 3.05. The fraction of sp³-hybridized carbons (Fsp3) is 0.318. The number of esters is 1. The maximum absolute atomic E-state index is 14.2. The Kier molecular flexibility index (Phi) is 9.52. The van der Waals surface area contributed by atoms with Crippen LogP contribution in [0.3, 0.4) is 0 Å². The van der Waals surface area contributed by atoms with Crippen molar-refractivity contribution in [2.75, 3.05) is 6.61 Å². The van der Waals surface area contributed by atoms with Gasteiger partial charge in [0.2, 0.25) is 5.91 Å². The standard InChI is InChI=1S/C22H19Cl3F4N2O4/c1-2-35-19(33)8-18(32)31-10-12-5-11(3-4-16(12)26)17(30)9-21(34,22(27,28)29)13-6-14(23)20(25)15(24)7-13/h3-7,30,34H,2,8-10H2,1H3,(H,31,32)/p+1. The van der Waals surface area contributed by atoms with E-state index in [1.54, 1.807) is 6.92 Å². The highest BCUT2D eigenvalue weighted by atomic mass is 35.5. The molecule has 2 aromatic carbocycles. The second kappa shape index (κ2) is 11.6. The van der Waals surface area contributed by atoms with Gasteiger partial charge < -0.3 is 15.2 Å². The van der Waals surface area contributed by atoms with Crippen LogP contribution in [0.5, 0.6) is 0 Å². The minimum atomic E-state index is -5.21. The third-order valence-corrected chi connectivity index (χ3v) is 6.08. The van der Waals surface area contributed by atoms with E-state index in [0.29, 0.717) is 0 Å². The Bertz CT molecular complexity index is 1120. The molecule has 1 unspecified atom stereocenters. The molecule has 13 heteroatoms. The van der Waals surface area contributed by atoms with Gasteiger partial charge in [0.25, 0.3) is 0 Å². The van der Waals surface area contributed by atoms with Gasteiger partial charge in [-0.05, 0) is 42.8 Å². The Morgan fingerprint density at radius 1 is 1.11 bits per heavy atom. The number of carbonyl (C=O) groups excluding carboxylic acids is 2. The molecule has 0 spiro atoms. The molecule has 190 valence electrons. The summed E-state index contributed by atoms with van der Waals surface area (Å²) in [6.45, 7) is 1.27. The number of aliphatic hydroxyl groups is 1. The largest absolute Gasteiger partial charge is 0.466 e. The molecular formula is C22H20Cl3F4N2O4+. The normalized spacial score (nSPS) is 13.2. The van der Waals surface area contributed by atoms with Crippen molar-refractivity contribution in [2.24, 2.45) is 0 Å². The number of rotatable bonds is 9. The van der Waals surface area contributed by atoms with Gasteiger partial charge in [0.15, 0.2) is 11.3 Å². The molecule has 6 nitrogen and oxygen atoms in total. The summed E-state index contributed by atoms with van der Waals surface area (Å²) in [5.74, 6) is -2.29. The maximum Gasteiger partial charge on any atom is 0.422 e. The lowest BCUT2D eigenvalue weighted by Gasteiger charge is -2.30. The molecule has 0 saturated carbocycles. The molecule has 1 atom stereocenters. The van der Waals surface area contributed by atoms with Crippen molar-refractivity contribution in [3.63, 3.8) is 0 Å². The lowest BCUT2D eigenvalue weighted by molar-refractivity contribution is -0.266. The molecule has 2 rings (SSSR count). The van der Waals surface area contributed by atoms with E-state index in [1.807, 2.05) is 0 Å². The molecule has 1 amide bonds. The molecule has 0 aliphatic heterocycles. The highest BCUT2D eigenvalue weighted by Gasteiger charge is 2.56. The molecule has 0 aliphatic carbocycles. The molecule has 0 fully saturated rings. The number of carbonyl (C=O) groups is 2. The van der Waals surface area contributed by atoms with Crippen LogP contribution in [0, 0.1) is 5.82 Å². The minimum absolute atomic E-state index is 0.0325. The lowest BCUT2D eigenvalue weighted by atomic mass is 9.85. The van der Waals surface area contributed by atoms with E-state index in [-0.39, 0.29) is 39.3 Å². The Balaban J connectivity index is 2.28. The van der Waals surface area contributed by atoms with Crippen LogP contribution < -0.4 is 10.7 Å². The van der Waals surface area contributed by atoms with Crippen molar-refractivity contribution >= 4 is 52.4 Å². The van der Waals surface area contributed by atoms with E-state index in [2.05, 4.69) is 10.1 Å². The first-order chi connectivity index (χ1) is 16.2. The van der Waals surface area contributed by atoms with Crippen molar-refractivity contribution in [3.8, 4) is 0 Å². The molecule has 0 aliphatic rings. The van der Waals surface area contributed by atoms with Crippen LogP contribution in [0.2, 0.25) is 15.1 Å². The number of nitrogens with two attached hydrogens (primary N) is 1. The van der Waals surface area contributed by atoms with E-state index in [0.717, 1.165) is 30.3 Å². The summed E-state index contributed by atoms with van der Waals surface area (Å²) < 4.78 is 60.7. The maximum atomic E-state index is 14.2. The monoisotopic (exact) mass is 557 g/mol. The van der Waals surface area contributed by atoms with Crippen molar-refractivity contribution in [2.45, 2.75) is 38.1 Å². The topological polar surface area (TPSA) is 101 Å². The average Bonchev–Trinajstić information content (AvgIpc) is 2.75. The van der Waals surface area contributed by atoms with E-state index in [9.17, 15) is 32.3 Å². The predicted octanol–water partition coefficient (Wildman–Crippen LogP) is 3.74. The number of benzene rings is 2. The molecule has 0 saturated heterocycles. The van der Waals surface area contributed by atoms with Crippen LogP contribution in [0.15, 0.2) is 30.3 Å². The molecule has 0 radical (unpaired) electrons. The number of nitrogens with one attached hydrogen (secondary N) is 1. The first-order valence-corrected chi connectivity index (χ1v) is 11.1. The second-order valence-electron chi connectivity index (χ2n) is 7.38. The van der Waals surface area contributed by atoms with Gasteiger partial charge in [-0.2, -0.15) is 13.2 Å². The van der Waals surface area contributed by atoms with Gasteiger partial charge in [-0.15, -0.1) is 0 Å². The van der Waals surface area contributed by atoms with Crippen LogP contribution in [0.4, 0.5) is 17.6 Å². The molecular weight excluding hydrogens is 539 g/mol. The van der Waals surface area contributed by atoms with E-state index in [1.165, 1.54) is 0 Å². The number of ether oxygens (including phenoxy) is 1. The summed E-state index contributed by atoms with van der Waals surface area (Å²) in [7, 11) is 0. The molecule has 0 heterocycles. The Labute approximate surface area is 212 Å². The zero-order valence-electron chi connectivity index (χ0n) is 18.1. The summed E-state index contributed by atoms with van der Waals surface area (Å²) in [6.07, 6.45) is -6.94. The summed E-state index contributed by atoms with van der Waals surface area (Å²) in [5, 5.41) is 18.1. The number of hydrogen-bond acceptors (Lipinski definition) is 4. The first kappa shape index (κ1) is 28.8. The zero-order chi connectivity index (χ0) is 26.6. The zero-order valence-corrected chi connectivity index (χ0v) is 20.4. The summed E-state index contributed by atoms with van der Waals surface area (Å²) >= 11 is 17.5. The van der Waals surface area contributed by atoms with Crippen molar-refractivity contribution in [1.82, 2.24) is 5.32 Å². The fourth-order valence-corrected chi connectivity index (χ4v) is 3.64. The highest BCUT2D eigenvalue weighted by Crippen LogP contribution is 2.45. The molecule has 4 N–H and O–H groups in total. The third-order valence-electron chi connectivity index (χ3n) is 4.88. The number of halogens is 7. The van der Waals surface area contributed by atoms with Gasteiger partial charge in [0.05, 0.1) is 28.1 Å². The van der Waals surface area contributed by atoms with E-state index >= 15 is 0 Å². The van der Waals surface area contributed by atoms with Gasteiger partial charge in [-0.1, -0.05) is 34.8 Å². The van der Waals surface area contributed by atoms with Gasteiger partial charge in [-0.3, -0.25) is 15.0 Å². The molecule has 0 bridgehead atoms. The van der Waals surface area contributed by atoms with Crippen LogP contribution in [-0.4, -0.2) is 35.5 Å². The number of alkyl halides is 3. The molecule has 2 aromatic rings. The smallest absolute Gasteiger partial charge is 0.422 e. The number of hydrogen-bond donors (Lipinski definition) is 3. The summed E-state index contributed by atoms with van der Waals surface area (Å²) in [6, 6.07) is 4.83. The first-order valence-electron chi connectivity index (χ1n) is 9.96. The van der Waals surface area contributed by atoms with E-state index < -0.39 is 53.6 Å². The molecule has 0 aromatic heterocycles. The van der Waals surface area contributed by atoms with Crippen LogP contribution in [-0.2, 0) is 26.5 Å². The summed E-state index contributed by atoms with van der Waals surface area (Å²) in [5.41, 5.74) is -4.78. The van der Waals surface area contributed by atoms with Crippen LogP contribution >= 0.6 is 34.8 Å². The average molecular weight is 559 g/mol. The van der Waals surface area contributed by atoms with Crippen LogP contribution in [0.25, 0.3) is 0 Å². The highest BCUT2D eigenvalue weighted by molar-refractivity contribution is 6.48. The summed E-state index contributed by atoms with van der Waals surface area (Å²) in [4.78, 5) is 23.2. The Morgan fingerprint density at radius 3 is 2.26 bits per heavy atom. The Morgan fingerprint density at radius 2 is 1.71 bits per heavy atom. The van der Waals surface area contributed by atoms with Crippen molar-refractivity contribution in [1.29, 1.82) is 0 Å². The van der Waals surface area contributed by atoms with Gasteiger partial charge in [0, 0.05) is 17.7 Å². The quantitative estimate of drug-likeness (QED) is 0.144. The van der Waals surface area contributed by atoms with Gasteiger partial charge in [-0.25, -0.2) is 4.39 Å². The van der Waals surface area contributed by atoms with Crippen molar-refractivity contribution in [3.05, 3.63) is 67.9 Å². The van der Waals surface area contributed by atoms with Gasteiger partial charge >= 0.3 is 12.1 Å². The SMILES string of the molecule is CCOC(=O)CC(=O)NCc1cc(C(=[NH2+])CC(O)(c2cc(Cl)c(Cl)c(Cl)c2)C(F)(F)F)ccc1F. The Hall–Kier alpha value is -2.40. The second-order valence-corrected chi connectivity index (χ2v) is 8.57. The molecule has 35 heavy (non-hydrogen) atoms. The minimum Gasteiger partial charge on any atom is -0.466 e. The van der Waals surface area contributed by atoms with E-state index in [4.69, 9.17) is 40.2 Å². The lowest BCUT2D eigenvalue weighted by Crippen LogP contribution is -2.50. The van der Waals surface area contributed by atoms with Crippen molar-refractivity contribution < 1.29 is 42.4 Å². The van der Waals surface area contributed by atoms with Crippen LogP contribution in [0.1, 0.15) is 36.5 Å². The third kappa shape index (κ3) is 7.07.